The summed E-state index contributed by atoms with van der Waals surface area (Å²) in [7, 11) is -5.47. The summed E-state index contributed by atoms with van der Waals surface area (Å²) in [5.74, 6) is -0.821. The molecule has 0 bridgehead atoms. The van der Waals surface area contributed by atoms with Crippen LogP contribution in [0, 0.1) is 0 Å². The molecular weight excluding hydrogens is 442 g/mol. The SMILES string of the molecule is C=C(NCCCS(=O)O)c1cc(NS(C)=O)cc(C(=O)NCCCS(=O)(=O)O)c1. The molecule has 0 saturated heterocycles. The second-order valence-corrected chi connectivity index (χ2v) is 9.77. The van der Waals surface area contributed by atoms with Crippen molar-refractivity contribution < 1.29 is 30.7 Å². The highest BCUT2D eigenvalue weighted by Gasteiger charge is 2.12. The number of hydrogen-bond donors (Lipinski definition) is 5. The van der Waals surface area contributed by atoms with E-state index in [0.717, 1.165) is 0 Å². The fourth-order valence-electron chi connectivity index (χ4n) is 2.25. The zero-order valence-electron chi connectivity index (χ0n) is 15.8. The van der Waals surface area contributed by atoms with Crippen LogP contribution in [0.2, 0.25) is 0 Å². The Balaban J connectivity index is 2.86. The van der Waals surface area contributed by atoms with Crippen LogP contribution in [0.25, 0.3) is 5.70 Å². The van der Waals surface area contributed by atoms with E-state index < -0.39 is 43.8 Å². The topological polar surface area (TPSA) is 162 Å². The highest BCUT2D eigenvalue weighted by molar-refractivity contribution is 7.85. The van der Waals surface area contributed by atoms with E-state index in [1.54, 1.807) is 12.1 Å². The molecular formula is C16H25N3O7S3. The van der Waals surface area contributed by atoms with Gasteiger partial charge in [-0.05, 0) is 36.6 Å². The number of carbonyl (C=O) groups excluding carboxylic acids is 1. The minimum absolute atomic E-state index is 0.0445. The molecule has 1 rings (SSSR count). The van der Waals surface area contributed by atoms with E-state index in [2.05, 4.69) is 21.9 Å². The average Bonchev–Trinajstić information content (AvgIpc) is 2.60. The van der Waals surface area contributed by atoms with E-state index in [0.29, 0.717) is 29.9 Å². The Hall–Kier alpha value is -1.80. The molecule has 2 unspecified atom stereocenters. The molecule has 29 heavy (non-hydrogen) atoms. The number of nitrogens with one attached hydrogen (secondary N) is 3. The average molecular weight is 468 g/mol. The number of rotatable bonds is 13. The summed E-state index contributed by atoms with van der Waals surface area (Å²) in [6.07, 6.45) is 1.93. The normalized spacial score (nSPS) is 13.3. The quantitative estimate of drug-likeness (QED) is 0.160. The molecule has 0 spiro atoms. The Kier molecular flexibility index (Phi) is 10.5. The lowest BCUT2D eigenvalue weighted by atomic mass is 10.1. The molecule has 13 heteroatoms. The maximum Gasteiger partial charge on any atom is 0.264 e. The smallest absolute Gasteiger partial charge is 0.264 e. The van der Waals surface area contributed by atoms with Crippen LogP contribution in [0.1, 0.15) is 28.8 Å². The van der Waals surface area contributed by atoms with Crippen LogP contribution in [0.5, 0.6) is 0 Å². The molecule has 1 amide bonds. The van der Waals surface area contributed by atoms with Crippen molar-refractivity contribution in [3.8, 4) is 0 Å². The van der Waals surface area contributed by atoms with Crippen LogP contribution in [0.4, 0.5) is 5.69 Å². The van der Waals surface area contributed by atoms with Gasteiger partial charge in [-0.15, -0.1) is 0 Å². The lowest BCUT2D eigenvalue weighted by molar-refractivity contribution is 0.0953. The largest absolute Gasteiger partial charge is 0.385 e. The first-order valence-electron chi connectivity index (χ1n) is 8.47. The molecule has 0 fully saturated rings. The molecule has 0 radical (unpaired) electrons. The minimum Gasteiger partial charge on any atom is -0.385 e. The fraction of sp³-hybridized carbons (Fsp3) is 0.438. The molecule has 0 aromatic heterocycles. The predicted octanol–water partition coefficient (Wildman–Crippen LogP) is 0.572. The predicted molar refractivity (Wildman–Crippen MR) is 115 cm³/mol. The highest BCUT2D eigenvalue weighted by atomic mass is 32.2. The Bertz CT molecular complexity index is 888. The van der Waals surface area contributed by atoms with Crippen molar-refractivity contribution in [3.05, 3.63) is 35.9 Å². The lowest BCUT2D eigenvalue weighted by Crippen LogP contribution is -2.26. The molecule has 0 aliphatic heterocycles. The van der Waals surface area contributed by atoms with Gasteiger partial charge in [0.05, 0.1) is 11.5 Å². The molecule has 0 aliphatic carbocycles. The summed E-state index contributed by atoms with van der Waals surface area (Å²) < 4.78 is 63.8. The molecule has 1 aromatic rings. The summed E-state index contributed by atoms with van der Waals surface area (Å²) >= 11 is -1.87. The maximum atomic E-state index is 12.4. The van der Waals surface area contributed by atoms with Crippen molar-refractivity contribution in [3.63, 3.8) is 0 Å². The Morgan fingerprint density at radius 1 is 1.10 bits per heavy atom. The van der Waals surface area contributed by atoms with Gasteiger partial charge in [0.1, 0.15) is 11.0 Å². The molecule has 10 nitrogen and oxygen atoms in total. The Morgan fingerprint density at radius 2 is 1.72 bits per heavy atom. The van der Waals surface area contributed by atoms with Gasteiger partial charge >= 0.3 is 0 Å². The molecule has 5 N–H and O–H groups in total. The number of carbonyl (C=O) groups is 1. The van der Waals surface area contributed by atoms with Gasteiger partial charge < -0.3 is 19.9 Å². The van der Waals surface area contributed by atoms with Crippen LogP contribution in [-0.2, 0) is 32.2 Å². The van der Waals surface area contributed by atoms with Crippen LogP contribution in [0.15, 0.2) is 24.8 Å². The third-order valence-electron chi connectivity index (χ3n) is 3.50. The summed E-state index contributed by atoms with van der Waals surface area (Å²) in [4.78, 5) is 12.4. The monoisotopic (exact) mass is 467 g/mol. The van der Waals surface area contributed by atoms with Gasteiger partial charge in [-0.3, -0.25) is 9.35 Å². The summed E-state index contributed by atoms with van der Waals surface area (Å²) in [6, 6.07) is 4.70. The number of amides is 1. The van der Waals surface area contributed by atoms with Crippen molar-refractivity contribution in [2.24, 2.45) is 0 Å². The second-order valence-electron chi connectivity index (χ2n) is 6.04. The minimum atomic E-state index is -4.09. The number of anilines is 1. The van der Waals surface area contributed by atoms with Gasteiger partial charge in [-0.1, -0.05) is 6.58 Å². The Morgan fingerprint density at radius 3 is 2.31 bits per heavy atom. The van der Waals surface area contributed by atoms with E-state index in [9.17, 15) is 21.6 Å². The first-order chi connectivity index (χ1) is 13.5. The van der Waals surface area contributed by atoms with Gasteiger partial charge in [0, 0.05) is 36.3 Å². The van der Waals surface area contributed by atoms with E-state index in [4.69, 9.17) is 9.11 Å². The van der Waals surface area contributed by atoms with Crippen LogP contribution in [0.3, 0.4) is 0 Å². The van der Waals surface area contributed by atoms with Crippen molar-refractivity contribution in [1.82, 2.24) is 10.6 Å². The fourth-order valence-corrected chi connectivity index (χ4v) is 3.60. The number of benzene rings is 1. The second kappa shape index (κ2) is 12.0. The lowest BCUT2D eigenvalue weighted by Gasteiger charge is -2.14. The van der Waals surface area contributed by atoms with Crippen molar-refractivity contribution in [1.29, 1.82) is 0 Å². The van der Waals surface area contributed by atoms with Crippen molar-refractivity contribution in [2.75, 3.05) is 35.6 Å². The highest BCUT2D eigenvalue weighted by Crippen LogP contribution is 2.20. The van der Waals surface area contributed by atoms with Crippen LogP contribution in [-0.4, -0.2) is 62.7 Å². The zero-order chi connectivity index (χ0) is 22.0. The summed E-state index contributed by atoms with van der Waals surface area (Å²) in [6.45, 7) is 4.33. The van der Waals surface area contributed by atoms with Crippen LogP contribution < -0.4 is 15.4 Å². The molecule has 0 aliphatic rings. The van der Waals surface area contributed by atoms with E-state index >= 15 is 0 Å². The number of hydrogen-bond acceptors (Lipinski definition) is 6. The standard InChI is InChI=1S/C16H25N3O7S3/c1-12(17-5-3-7-28(22)23)13-9-14(11-15(10-13)19-27(2)21)16(20)18-6-4-8-29(24,25)26/h9-11,17,19H,1,3-8H2,2H3,(H,18,20)(H,22,23)(H,24,25,26). The van der Waals surface area contributed by atoms with Gasteiger partial charge in [-0.2, -0.15) is 8.42 Å². The Labute approximate surface area is 175 Å². The van der Waals surface area contributed by atoms with Crippen LogP contribution >= 0.6 is 0 Å². The summed E-state index contributed by atoms with van der Waals surface area (Å²) in [5.41, 5.74) is 1.68. The third kappa shape index (κ3) is 11.1. The summed E-state index contributed by atoms with van der Waals surface area (Å²) in [5, 5.41) is 5.55. The zero-order valence-corrected chi connectivity index (χ0v) is 18.3. The molecule has 2 atom stereocenters. The van der Waals surface area contributed by atoms with Crippen molar-refractivity contribution >= 4 is 49.5 Å². The first-order valence-corrected chi connectivity index (χ1v) is 12.9. The van der Waals surface area contributed by atoms with Crippen molar-refractivity contribution in [2.45, 2.75) is 12.8 Å². The van der Waals surface area contributed by atoms with E-state index in [-0.39, 0.29) is 24.3 Å². The third-order valence-corrected chi connectivity index (χ3v) is 5.47. The first kappa shape index (κ1) is 25.2. The van der Waals surface area contributed by atoms with E-state index in [1.807, 2.05) is 0 Å². The molecule has 164 valence electrons. The van der Waals surface area contributed by atoms with Gasteiger partial charge in [0.2, 0.25) is 0 Å². The van der Waals surface area contributed by atoms with E-state index in [1.165, 1.54) is 12.3 Å². The van der Waals surface area contributed by atoms with Gasteiger partial charge in [0.25, 0.3) is 16.0 Å². The maximum absolute atomic E-state index is 12.4. The molecule has 1 aromatic carbocycles. The van der Waals surface area contributed by atoms with Gasteiger partial charge in [0.15, 0.2) is 11.1 Å². The van der Waals surface area contributed by atoms with Gasteiger partial charge in [-0.25, -0.2) is 8.42 Å². The molecule has 0 saturated carbocycles. The molecule has 0 heterocycles.